The molecule has 0 unspecified atom stereocenters. The second kappa shape index (κ2) is 9.95. The Kier molecular flexibility index (Phi) is 7.10. The molecule has 8 heteroatoms. The number of amides is 1. The number of benzene rings is 1. The Bertz CT molecular complexity index is 804. The number of ether oxygens (including phenoxy) is 2. The van der Waals surface area contributed by atoms with E-state index in [2.05, 4.69) is 32.3 Å². The average Bonchev–Trinajstić information content (AvgIpc) is 2.74. The van der Waals surface area contributed by atoms with Gasteiger partial charge in [-0.05, 0) is 38.0 Å². The second-order valence-electron chi connectivity index (χ2n) is 6.86. The number of hydrogen-bond donors (Lipinski definition) is 1. The van der Waals surface area contributed by atoms with Gasteiger partial charge in [0.1, 0.15) is 23.2 Å². The first-order valence-electron chi connectivity index (χ1n) is 9.98. The third kappa shape index (κ3) is 5.73. The molecule has 2 heterocycles. The fraction of sp³-hybridized carbons (Fsp3) is 0.476. The molecule has 2 aromatic rings. The van der Waals surface area contributed by atoms with Gasteiger partial charge in [0.15, 0.2) is 0 Å². The second-order valence-corrected chi connectivity index (χ2v) is 6.86. The summed E-state index contributed by atoms with van der Waals surface area (Å²) < 4.78 is 10.3. The van der Waals surface area contributed by atoms with Crippen LogP contribution in [0.5, 0.6) is 5.75 Å². The van der Waals surface area contributed by atoms with E-state index in [-0.39, 0.29) is 6.09 Å². The first kappa shape index (κ1) is 20.7. The fourth-order valence-electron chi connectivity index (χ4n) is 3.26. The summed E-state index contributed by atoms with van der Waals surface area (Å²) in [5.41, 5.74) is 1.24. The molecule has 1 aliphatic heterocycles. The van der Waals surface area contributed by atoms with Gasteiger partial charge in [0, 0.05) is 38.8 Å². The molecular formula is C21H29N5O3. The molecular weight excluding hydrogens is 370 g/mol. The molecule has 8 nitrogen and oxygen atoms in total. The number of rotatable bonds is 7. The van der Waals surface area contributed by atoms with Crippen molar-refractivity contribution in [3.05, 3.63) is 41.7 Å². The molecule has 1 aromatic heterocycles. The first-order chi connectivity index (χ1) is 14.1. The van der Waals surface area contributed by atoms with Crippen LogP contribution in [0.2, 0.25) is 0 Å². The normalized spacial score (nSPS) is 13.9. The summed E-state index contributed by atoms with van der Waals surface area (Å²) in [7, 11) is 1.67. The predicted octanol–water partition coefficient (Wildman–Crippen LogP) is 2.73. The van der Waals surface area contributed by atoms with Crippen molar-refractivity contribution in [2.24, 2.45) is 0 Å². The number of nitrogens with zero attached hydrogens (tertiary/aromatic N) is 4. The number of nitrogens with one attached hydrogen (secondary N) is 1. The van der Waals surface area contributed by atoms with Crippen molar-refractivity contribution in [2.75, 3.05) is 56.7 Å². The van der Waals surface area contributed by atoms with E-state index in [1.807, 2.05) is 32.0 Å². The third-order valence-corrected chi connectivity index (χ3v) is 4.83. The zero-order valence-electron chi connectivity index (χ0n) is 17.4. The highest BCUT2D eigenvalue weighted by molar-refractivity contribution is 5.68. The van der Waals surface area contributed by atoms with Crippen molar-refractivity contribution >= 4 is 17.7 Å². The summed E-state index contributed by atoms with van der Waals surface area (Å²) in [6, 6.07) is 10.1. The zero-order chi connectivity index (χ0) is 20.6. The van der Waals surface area contributed by atoms with Crippen LogP contribution in [0.3, 0.4) is 0 Å². The van der Waals surface area contributed by atoms with Gasteiger partial charge in [-0.3, -0.25) is 0 Å². The Labute approximate surface area is 171 Å². The van der Waals surface area contributed by atoms with Crippen LogP contribution in [0.15, 0.2) is 30.3 Å². The number of carbonyl (C=O) groups is 1. The molecule has 1 N–H and O–H groups in total. The van der Waals surface area contributed by atoms with Crippen molar-refractivity contribution in [1.82, 2.24) is 14.9 Å². The van der Waals surface area contributed by atoms with E-state index in [9.17, 15) is 4.79 Å². The van der Waals surface area contributed by atoms with Crippen LogP contribution in [-0.2, 0) is 11.2 Å². The minimum absolute atomic E-state index is 0.244. The Morgan fingerprint density at radius 2 is 1.86 bits per heavy atom. The lowest BCUT2D eigenvalue weighted by molar-refractivity contribution is 0.105. The van der Waals surface area contributed by atoms with Crippen molar-refractivity contribution < 1.29 is 14.3 Å². The average molecular weight is 399 g/mol. The van der Waals surface area contributed by atoms with Crippen molar-refractivity contribution in [1.29, 1.82) is 0 Å². The lowest BCUT2D eigenvalue weighted by Crippen LogP contribution is -2.49. The van der Waals surface area contributed by atoms with E-state index >= 15 is 0 Å². The highest BCUT2D eigenvalue weighted by Gasteiger charge is 2.23. The van der Waals surface area contributed by atoms with Gasteiger partial charge >= 0.3 is 6.09 Å². The summed E-state index contributed by atoms with van der Waals surface area (Å²) in [6.45, 7) is 7.59. The minimum Gasteiger partial charge on any atom is -0.497 e. The van der Waals surface area contributed by atoms with Crippen LogP contribution in [0.1, 0.15) is 18.3 Å². The van der Waals surface area contributed by atoms with Crippen LogP contribution in [0, 0.1) is 6.92 Å². The van der Waals surface area contributed by atoms with Gasteiger partial charge in [0.25, 0.3) is 0 Å². The van der Waals surface area contributed by atoms with Gasteiger partial charge in [-0.15, -0.1) is 0 Å². The lowest BCUT2D eigenvalue weighted by Gasteiger charge is -2.34. The molecule has 0 aliphatic carbocycles. The van der Waals surface area contributed by atoms with Crippen LogP contribution >= 0.6 is 0 Å². The van der Waals surface area contributed by atoms with Crippen LogP contribution in [-0.4, -0.2) is 67.4 Å². The smallest absolute Gasteiger partial charge is 0.409 e. The molecule has 1 aromatic carbocycles. The number of aromatic nitrogens is 2. The first-order valence-corrected chi connectivity index (χ1v) is 9.98. The molecule has 1 aliphatic rings. The Hall–Kier alpha value is -3.03. The molecule has 0 spiro atoms. The van der Waals surface area contributed by atoms with Crippen LogP contribution < -0.4 is 15.0 Å². The van der Waals surface area contributed by atoms with Crippen molar-refractivity contribution in [3.8, 4) is 5.75 Å². The molecule has 0 radical (unpaired) electrons. The van der Waals surface area contributed by atoms with Gasteiger partial charge in [-0.25, -0.2) is 14.8 Å². The van der Waals surface area contributed by atoms with E-state index in [4.69, 9.17) is 9.47 Å². The monoisotopic (exact) mass is 399 g/mol. The van der Waals surface area contributed by atoms with E-state index < -0.39 is 0 Å². The molecule has 29 heavy (non-hydrogen) atoms. The highest BCUT2D eigenvalue weighted by Crippen LogP contribution is 2.18. The summed E-state index contributed by atoms with van der Waals surface area (Å²) in [6.07, 6.45) is 0.646. The van der Waals surface area contributed by atoms with Crippen LogP contribution in [0.4, 0.5) is 16.4 Å². The Balaban J connectivity index is 1.55. The van der Waals surface area contributed by atoms with E-state index in [1.165, 1.54) is 5.56 Å². The van der Waals surface area contributed by atoms with Gasteiger partial charge in [0.2, 0.25) is 0 Å². The summed E-state index contributed by atoms with van der Waals surface area (Å²) >= 11 is 0. The topological polar surface area (TPSA) is 79.8 Å². The number of anilines is 2. The van der Waals surface area contributed by atoms with Crippen molar-refractivity contribution in [3.63, 3.8) is 0 Å². The maximum absolute atomic E-state index is 11.9. The molecule has 0 atom stereocenters. The number of methoxy groups -OCH3 is 1. The maximum atomic E-state index is 11.9. The molecule has 0 saturated carbocycles. The molecule has 156 valence electrons. The highest BCUT2D eigenvalue weighted by atomic mass is 16.6. The van der Waals surface area contributed by atoms with Gasteiger partial charge in [0.05, 0.1) is 13.7 Å². The number of hydrogen-bond acceptors (Lipinski definition) is 7. The number of piperazine rings is 1. The maximum Gasteiger partial charge on any atom is 0.409 e. The molecule has 0 bridgehead atoms. The summed E-state index contributed by atoms with van der Waals surface area (Å²) in [5.74, 6) is 3.28. The Morgan fingerprint density at radius 3 is 2.52 bits per heavy atom. The van der Waals surface area contributed by atoms with E-state index in [1.54, 1.807) is 12.0 Å². The largest absolute Gasteiger partial charge is 0.497 e. The van der Waals surface area contributed by atoms with Gasteiger partial charge in [-0.1, -0.05) is 12.1 Å². The summed E-state index contributed by atoms with van der Waals surface area (Å²) in [5, 5.41) is 3.39. The molecule has 1 amide bonds. The summed E-state index contributed by atoms with van der Waals surface area (Å²) in [4.78, 5) is 24.9. The van der Waals surface area contributed by atoms with E-state index in [0.29, 0.717) is 19.7 Å². The molecule has 1 fully saturated rings. The molecule has 1 saturated heterocycles. The van der Waals surface area contributed by atoms with Crippen LogP contribution in [0.25, 0.3) is 0 Å². The predicted molar refractivity (Wildman–Crippen MR) is 113 cm³/mol. The Morgan fingerprint density at radius 1 is 1.14 bits per heavy atom. The number of aryl methyl sites for hydroxylation is 1. The lowest BCUT2D eigenvalue weighted by atomic mass is 10.1. The third-order valence-electron chi connectivity index (χ3n) is 4.83. The minimum atomic E-state index is -0.244. The standard InChI is InChI=1S/C21H29N5O3/c1-4-29-21(27)26-13-11-25(12-14-26)20-15-19(23-16(2)24-20)22-10-9-17-5-7-18(28-3)8-6-17/h5-8,15H,4,9-14H2,1-3H3,(H,22,23,24). The van der Waals surface area contributed by atoms with Crippen molar-refractivity contribution in [2.45, 2.75) is 20.3 Å². The van der Waals surface area contributed by atoms with Gasteiger partial charge in [-0.2, -0.15) is 0 Å². The zero-order valence-corrected chi connectivity index (χ0v) is 17.4. The van der Waals surface area contributed by atoms with E-state index in [0.717, 1.165) is 49.3 Å². The van der Waals surface area contributed by atoms with Gasteiger partial charge < -0.3 is 24.6 Å². The quantitative estimate of drug-likeness (QED) is 0.767. The SMILES string of the molecule is CCOC(=O)N1CCN(c2cc(NCCc3ccc(OC)cc3)nc(C)n2)CC1. The molecule has 3 rings (SSSR count). The fourth-order valence-corrected chi connectivity index (χ4v) is 3.26. The number of carbonyl (C=O) groups excluding carboxylic acids is 1.